The van der Waals surface area contributed by atoms with E-state index in [-0.39, 0.29) is 5.92 Å². The number of nitrogens with zero attached hydrogens (tertiary/aromatic N) is 1. The molecule has 1 heterocycles. The second-order valence-electron chi connectivity index (χ2n) is 2.73. The standard InChI is InChI=1S/C7H8F3NS.C2H4/c1-4(2)5-3-12-6(11-5)7(8,9)10;1-2/h3-4H,1-2H3;1-2H2. The molecule has 80 valence electrons. The van der Waals surface area contributed by atoms with E-state index in [0.717, 1.165) is 0 Å². The van der Waals surface area contributed by atoms with Gasteiger partial charge in [0, 0.05) is 5.38 Å². The van der Waals surface area contributed by atoms with E-state index in [0.29, 0.717) is 17.0 Å². The van der Waals surface area contributed by atoms with Gasteiger partial charge in [0.05, 0.1) is 5.69 Å². The van der Waals surface area contributed by atoms with Crippen LogP contribution in [-0.2, 0) is 6.18 Å². The summed E-state index contributed by atoms with van der Waals surface area (Å²) in [6, 6.07) is 0. The summed E-state index contributed by atoms with van der Waals surface area (Å²) < 4.78 is 36.0. The second kappa shape index (κ2) is 5.14. The van der Waals surface area contributed by atoms with Gasteiger partial charge in [-0.1, -0.05) is 13.8 Å². The van der Waals surface area contributed by atoms with Crippen LogP contribution >= 0.6 is 11.3 Å². The number of hydrogen-bond acceptors (Lipinski definition) is 2. The Morgan fingerprint density at radius 3 is 2.07 bits per heavy atom. The molecule has 0 amide bonds. The van der Waals surface area contributed by atoms with Gasteiger partial charge in [-0.25, -0.2) is 4.98 Å². The third-order valence-corrected chi connectivity index (χ3v) is 2.26. The number of hydrogen-bond donors (Lipinski definition) is 0. The highest BCUT2D eigenvalue weighted by Gasteiger charge is 2.34. The van der Waals surface area contributed by atoms with Gasteiger partial charge in [-0.15, -0.1) is 24.5 Å². The minimum Gasteiger partial charge on any atom is -0.237 e. The van der Waals surface area contributed by atoms with Gasteiger partial charge in [0.25, 0.3) is 0 Å². The number of halogens is 3. The highest BCUT2D eigenvalue weighted by Crippen LogP contribution is 2.32. The Balaban J connectivity index is 0.000000791. The van der Waals surface area contributed by atoms with Crippen molar-refractivity contribution in [2.75, 3.05) is 0 Å². The SMILES string of the molecule is C=C.CC(C)c1csc(C(F)(F)F)n1. The average Bonchev–Trinajstić information content (AvgIpc) is 2.54. The zero-order valence-electron chi connectivity index (χ0n) is 8.06. The Morgan fingerprint density at radius 1 is 1.36 bits per heavy atom. The molecular weight excluding hydrogens is 211 g/mol. The molecule has 0 unspecified atom stereocenters. The molecule has 0 fully saturated rings. The number of aromatic nitrogens is 1. The lowest BCUT2D eigenvalue weighted by Gasteiger charge is -2.00. The van der Waals surface area contributed by atoms with Crippen molar-refractivity contribution in [3.63, 3.8) is 0 Å². The molecule has 1 aromatic heterocycles. The fourth-order valence-electron chi connectivity index (χ4n) is 0.682. The van der Waals surface area contributed by atoms with Crippen LogP contribution in [0.1, 0.15) is 30.5 Å². The van der Waals surface area contributed by atoms with Crippen LogP contribution in [0, 0.1) is 0 Å². The van der Waals surface area contributed by atoms with E-state index in [9.17, 15) is 13.2 Å². The predicted octanol–water partition coefficient (Wildman–Crippen LogP) is 4.09. The van der Waals surface area contributed by atoms with E-state index in [1.807, 2.05) is 13.8 Å². The first kappa shape index (κ1) is 13.2. The number of thiazole rings is 1. The summed E-state index contributed by atoms with van der Waals surface area (Å²) in [7, 11) is 0. The van der Waals surface area contributed by atoms with E-state index in [4.69, 9.17) is 0 Å². The van der Waals surface area contributed by atoms with Crippen LogP contribution in [0.3, 0.4) is 0 Å². The molecule has 0 aliphatic heterocycles. The quantitative estimate of drug-likeness (QED) is 0.653. The van der Waals surface area contributed by atoms with Crippen molar-refractivity contribution < 1.29 is 13.2 Å². The van der Waals surface area contributed by atoms with Crippen LogP contribution in [0.15, 0.2) is 18.5 Å². The maximum absolute atomic E-state index is 12.0. The number of rotatable bonds is 1. The summed E-state index contributed by atoms with van der Waals surface area (Å²) in [5.74, 6) is 0.0531. The van der Waals surface area contributed by atoms with E-state index >= 15 is 0 Å². The molecule has 1 aromatic rings. The van der Waals surface area contributed by atoms with Crippen LogP contribution in [0.2, 0.25) is 0 Å². The van der Waals surface area contributed by atoms with E-state index in [1.165, 1.54) is 5.38 Å². The smallest absolute Gasteiger partial charge is 0.237 e. The van der Waals surface area contributed by atoms with Crippen LogP contribution in [0.25, 0.3) is 0 Å². The van der Waals surface area contributed by atoms with Crippen molar-refractivity contribution in [2.45, 2.75) is 25.9 Å². The van der Waals surface area contributed by atoms with Crippen LogP contribution in [0.5, 0.6) is 0 Å². The topological polar surface area (TPSA) is 12.9 Å². The lowest BCUT2D eigenvalue weighted by Crippen LogP contribution is -2.04. The van der Waals surface area contributed by atoms with Gasteiger partial charge in [0.15, 0.2) is 5.01 Å². The Morgan fingerprint density at radius 2 is 1.86 bits per heavy atom. The molecule has 1 rings (SSSR count). The van der Waals surface area contributed by atoms with E-state index in [1.54, 1.807) is 0 Å². The largest absolute Gasteiger partial charge is 0.443 e. The Labute approximate surface area is 85.3 Å². The van der Waals surface area contributed by atoms with Crippen LogP contribution < -0.4 is 0 Å². The molecule has 0 saturated heterocycles. The van der Waals surface area contributed by atoms with Crippen molar-refractivity contribution >= 4 is 11.3 Å². The highest BCUT2D eigenvalue weighted by molar-refractivity contribution is 7.09. The van der Waals surface area contributed by atoms with Gasteiger partial charge in [0.2, 0.25) is 0 Å². The fraction of sp³-hybridized carbons (Fsp3) is 0.444. The van der Waals surface area contributed by atoms with E-state index < -0.39 is 11.2 Å². The van der Waals surface area contributed by atoms with Gasteiger partial charge < -0.3 is 0 Å². The monoisotopic (exact) mass is 223 g/mol. The maximum Gasteiger partial charge on any atom is 0.443 e. The Kier molecular flexibility index (Phi) is 4.83. The minimum absolute atomic E-state index is 0.0531. The van der Waals surface area contributed by atoms with Crippen molar-refractivity contribution in [3.05, 3.63) is 29.2 Å². The zero-order chi connectivity index (χ0) is 11.4. The van der Waals surface area contributed by atoms with E-state index in [2.05, 4.69) is 18.1 Å². The second-order valence-corrected chi connectivity index (χ2v) is 3.59. The summed E-state index contributed by atoms with van der Waals surface area (Å²) in [4.78, 5) is 3.47. The van der Waals surface area contributed by atoms with Crippen molar-refractivity contribution in [2.24, 2.45) is 0 Å². The molecule has 0 N–H and O–H groups in total. The minimum atomic E-state index is -4.29. The number of alkyl halides is 3. The predicted molar refractivity (Wildman–Crippen MR) is 52.5 cm³/mol. The molecule has 0 atom stereocenters. The average molecular weight is 223 g/mol. The molecule has 5 heteroatoms. The lowest BCUT2D eigenvalue weighted by atomic mass is 10.2. The third kappa shape index (κ3) is 3.49. The van der Waals surface area contributed by atoms with Gasteiger partial charge in [0.1, 0.15) is 0 Å². The summed E-state index contributed by atoms with van der Waals surface area (Å²) >= 11 is 0.649. The van der Waals surface area contributed by atoms with Crippen molar-refractivity contribution in [1.82, 2.24) is 4.98 Å². The molecule has 0 aliphatic rings. The molecule has 0 aromatic carbocycles. The Hall–Kier alpha value is -0.840. The molecule has 0 bridgehead atoms. The molecule has 0 aliphatic carbocycles. The first-order valence-corrected chi connectivity index (χ1v) is 4.82. The zero-order valence-corrected chi connectivity index (χ0v) is 8.87. The first-order valence-electron chi connectivity index (χ1n) is 3.94. The van der Waals surface area contributed by atoms with Gasteiger partial charge in [-0.05, 0) is 5.92 Å². The van der Waals surface area contributed by atoms with Gasteiger partial charge in [-0.2, -0.15) is 13.2 Å². The third-order valence-electron chi connectivity index (χ3n) is 1.36. The van der Waals surface area contributed by atoms with Crippen LogP contribution in [0.4, 0.5) is 13.2 Å². The molecule has 1 nitrogen and oxygen atoms in total. The molecule has 0 spiro atoms. The van der Waals surface area contributed by atoms with Gasteiger partial charge >= 0.3 is 6.18 Å². The highest BCUT2D eigenvalue weighted by atomic mass is 32.1. The first-order chi connectivity index (χ1) is 6.41. The molecule has 14 heavy (non-hydrogen) atoms. The molecule has 0 saturated carbocycles. The summed E-state index contributed by atoms with van der Waals surface area (Å²) in [6.45, 7) is 9.63. The Bertz CT molecular complexity index is 278. The van der Waals surface area contributed by atoms with Crippen LogP contribution in [-0.4, -0.2) is 4.98 Å². The lowest BCUT2D eigenvalue weighted by molar-refractivity contribution is -0.137. The molecule has 0 radical (unpaired) electrons. The fourth-order valence-corrected chi connectivity index (χ4v) is 1.53. The molecular formula is C9H12F3NS. The summed E-state index contributed by atoms with van der Waals surface area (Å²) in [5.41, 5.74) is 0.507. The van der Waals surface area contributed by atoms with Crippen molar-refractivity contribution in [1.29, 1.82) is 0 Å². The maximum atomic E-state index is 12.0. The van der Waals surface area contributed by atoms with Gasteiger partial charge in [-0.3, -0.25) is 0 Å². The summed E-state index contributed by atoms with van der Waals surface area (Å²) in [5, 5.41) is 0.694. The van der Waals surface area contributed by atoms with Crippen molar-refractivity contribution in [3.8, 4) is 0 Å². The summed E-state index contributed by atoms with van der Waals surface area (Å²) in [6.07, 6.45) is -4.29. The normalized spacial score (nSPS) is 11.0.